The van der Waals surface area contributed by atoms with Gasteiger partial charge in [0.25, 0.3) is 11.6 Å². The van der Waals surface area contributed by atoms with Crippen molar-refractivity contribution in [2.24, 2.45) is 0 Å². The summed E-state index contributed by atoms with van der Waals surface area (Å²) in [6.07, 6.45) is 3.27. The first-order valence-electron chi connectivity index (χ1n) is 8.98. The Morgan fingerprint density at radius 3 is 2.79 bits per heavy atom. The molecule has 0 saturated carbocycles. The summed E-state index contributed by atoms with van der Waals surface area (Å²) in [5.41, 5.74) is 1.44. The Morgan fingerprint density at radius 2 is 2.17 bits per heavy atom. The third kappa shape index (κ3) is 4.95. The molecule has 0 fully saturated rings. The molecule has 1 atom stereocenters. The summed E-state index contributed by atoms with van der Waals surface area (Å²) in [6.45, 7) is 6.28. The molecule has 2 aromatic heterocycles. The fourth-order valence-corrected chi connectivity index (χ4v) is 3.61. The van der Waals surface area contributed by atoms with E-state index >= 15 is 0 Å². The number of nitro groups is 1. The zero-order chi connectivity index (χ0) is 20.8. The van der Waals surface area contributed by atoms with Crippen LogP contribution in [0.5, 0.6) is 0 Å². The quantitative estimate of drug-likeness (QED) is 0.329. The summed E-state index contributed by atoms with van der Waals surface area (Å²) in [5.74, 6) is 0.718. The number of hydrogen-bond donors (Lipinski definition) is 1. The number of nitro benzene ring substituents is 1. The number of carbonyl (C=O) groups is 1. The Bertz CT molecular complexity index is 982. The summed E-state index contributed by atoms with van der Waals surface area (Å²) in [6, 6.07) is 9.89. The van der Waals surface area contributed by atoms with Crippen molar-refractivity contribution in [2.75, 3.05) is 18.0 Å². The van der Waals surface area contributed by atoms with Crippen LogP contribution in [-0.2, 0) is 4.79 Å². The first-order chi connectivity index (χ1) is 14.0. The summed E-state index contributed by atoms with van der Waals surface area (Å²) in [5, 5.41) is 15.1. The van der Waals surface area contributed by atoms with E-state index in [0.717, 1.165) is 11.3 Å². The molecule has 2 heterocycles. The van der Waals surface area contributed by atoms with Gasteiger partial charge in [-0.05, 0) is 31.2 Å². The number of furan rings is 1. The first-order valence-corrected chi connectivity index (χ1v) is 9.86. The van der Waals surface area contributed by atoms with E-state index in [1.54, 1.807) is 29.4 Å². The van der Waals surface area contributed by atoms with Crippen LogP contribution in [0.2, 0.25) is 0 Å². The second-order valence-electron chi connectivity index (χ2n) is 6.36. The van der Waals surface area contributed by atoms with Crippen molar-refractivity contribution in [3.8, 4) is 11.3 Å². The predicted octanol–water partition coefficient (Wildman–Crippen LogP) is 3.15. The highest BCUT2D eigenvalue weighted by molar-refractivity contribution is 7.14. The van der Waals surface area contributed by atoms with Crippen LogP contribution < -0.4 is 10.2 Å². The lowest BCUT2D eigenvalue weighted by Crippen LogP contribution is -2.87. The van der Waals surface area contributed by atoms with Gasteiger partial charge < -0.3 is 9.73 Å². The second-order valence-corrected chi connectivity index (χ2v) is 7.19. The van der Waals surface area contributed by atoms with Gasteiger partial charge in [-0.2, -0.15) is 0 Å². The van der Waals surface area contributed by atoms with Crippen molar-refractivity contribution in [1.29, 1.82) is 0 Å². The smallest absolute Gasteiger partial charge is 0.284 e. The molecule has 2 N–H and O–H groups in total. The van der Waals surface area contributed by atoms with Gasteiger partial charge in [-0.25, -0.2) is 4.98 Å². The van der Waals surface area contributed by atoms with Crippen molar-refractivity contribution in [1.82, 2.24) is 4.98 Å². The minimum absolute atomic E-state index is 0.0199. The molecule has 0 aliphatic heterocycles. The van der Waals surface area contributed by atoms with Gasteiger partial charge in [0.15, 0.2) is 17.4 Å². The van der Waals surface area contributed by atoms with E-state index < -0.39 is 4.92 Å². The van der Waals surface area contributed by atoms with Crippen LogP contribution in [0.25, 0.3) is 11.3 Å². The third-order valence-corrected chi connectivity index (χ3v) is 5.21. The highest BCUT2D eigenvalue weighted by Crippen LogP contribution is 2.28. The molecule has 3 aromatic rings. The third-order valence-electron chi connectivity index (χ3n) is 4.35. The maximum atomic E-state index is 12.8. The fraction of sp³-hybridized carbons (Fsp3) is 0.200. The van der Waals surface area contributed by atoms with Crippen LogP contribution in [0.15, 0.2) is 65.1 Å². The molecule has 29 heavy (non-hydrogen) atoms. The van der Waals surface area contributed by atoms with Gasteiger partial charge in [0.1, 0.15) is 6.04 Å². The molecular weight excluding hydrogens is 392 g/mol. The van der Waals surface area contributed by atoms with Crippen LogP contribution in [-0.4, -0.2) is 28.9 Å². The number of anilines is 1. The Hall–Kier alpha value is -3.30. The summed E-state index contributed by atoms with van der Waals surface area (Å²) in [7, 11) is 0. The van der Waals surface area contributed by atoms with E-state index in [2.05, 4.69) is 11.6 Å². The molecule has 8 nitrogen and oxygen atoms in total. The number of nitrogens with two attached hydrogens (primary N) is 1. The minimum Gasteiger partial charge on any atom is -0.463 e. The van der Waals surface area contributed by atoms with Gasteiger partial charge >= 0.3 is 0 Å². The van der Waals surface area contributed by atoms with Crippen molar-refractivity contribution < 1.29 is 19.5 Å². The maximum Gasteiger partial charge on any atom is 0.284 e. The largest absolute Gasteiger partial charge is 0.463 e. The molecule has 0 saturated heterocycles. The molecule has 150 valence electrons. The summed E-state index contributed by atoms with van der Waals surface area (Å²) >= 11 is 1.34. The normalized spacial score (nSPS) is 11.8. The average Bonchev–Trinajstić information content (AvgIpc) is 3.42. The van der Waals surface area contributed by atoms with E-state index in [1.807, 2.05) is 29.8 Å². The number of non-ortho nitro benzene ring substituents is 1. The monoisotopic (exact) mass is 413 g/mol. The molecule has 0 unspecified atom stereocenters. The number of rotatable bonds is 9. The summed E-state index contributed by atoms with van der Waals surface area (Å²) < 4.78 is 5.37. The van der Waals surface area contributed by atoms with E-state index in [1.165, 1.54) is 23.5 Å². The second kappa shape index (κ2) is 9.26. The van der Waals surface area contributed by atoms with Gasteiger partial charge in [-0.15, -0.1) is 17.9 Å². The van der Waals surface area contributed by atoms with Gasteiger partial charge in [0.05, 0.1) is 16.9 Å². The highest BCUT2D eigenvalue weighted by atomic mass is 32.1. The molecule has 0 radical (unpaired) electrons. The Labute approximate surface area is 171 Å². The van der Waals surface area contributed by atoms with Gasteiger partial charge in [-0.1, -0.05) is 6.08 Å². The first kappa shape index (κ1) is 20.4. The average molecular weight is 413 g/mol. The van der Waals surface area contributed by atoms with Crippen LogP contribution in [0.4, 0.5) is 10.8 Å². The molecule has 1 aromatic carbocycles. The van der Waals surface area contributed by atoms with E-state index in [9.17, 15) is 14.9 Å². The lowest BCUT2D eigenvalue weighted by molar-refractivity contribution is -0.684. The van der Waals surface area contributed by atoms with Gasteiger partial charge in [0, 0.05) is 29.6 Å². The molecular formula is C20H21N4O4S+. The topological polar surface area (TPSA) is 106 Å². The summed E-state index contributed by atoms with van der Waals surface area (Å²) in [4.78, 5) is 29.3. The van der Waals surface area contributed by atoms with E-state index in [0.29, 0.717) is 17.4 Å². The maximum absolute atomic E-state index is 12.8. The number of hydrogen-bond acceptors (Lipinski definition) is 6. The zero-order valence-corrected chi connectivity index (χ0v) is 16.7. The van der Waals surface area contributed by atoms with Crippen LogP contribution in [0.3, 0.4) is 0 Å². The zero-order valence-electron chi connectivity index (χ0n) is 15.9. The molecule has 0 aliphatic rings. The van der Waals surface area contributed by atoms with Crippen molar-refractivity contribution in [3.63, 3.8) is 0 Å². The van der Waals surface area contributed by atoms with E-state index in [-0.39, 0.29) is 24.2 Å². The minimum atomic E-state index is -0.443. The van der Waals surface area contributed by atoms with Crippen molar-refractivity contribution >= 4 is 28.1 Å². The molecule has 0 aliphatic carbocycles. The highest BCUT2D eigenvalue weighted by Gasteiger charge is 2.22. The number of amides is 1. The van der Waals surface area contributed by atoms with Crippen LogP contribution in [0, 0.1) is 10.1 Å². The van der Waals surface area contributed by atoms with Crippen LogP contribution >= 0.6 is 11.3 Å². The lowest BCUT2D eigenvalue weighted by atomic mass is 10.1. The standard InChI is InChI=1S/C20H20N4O4S/c1-3-10-23(19(25)12-21-14(2)18-5-4-11-28-18)20-22-17(13-29-20)15-6-8-16(9-7-15)24(26)27/h3-9,11,13-14,21H,1,10,12H2,2H3/p+1/t14-/m0/s1. The molecule has 0 spiro atoms. The number of nitrogens with zero attached hydrogens (tertiary/aromatic N) is 3. The Morgan fingerprint density at radius 1 is 1.41 bits per heavy atom. The van der Waals surface area contributed by atoms with Crippen molar-refractivity contribution in [2.45, 2.75) is 13.0 Å². The Kier molecular flexibility index (Phi) is 6.53. The van der Waals surface area contributed by atoms with Crippen molar-refractivity contribution in [3.05, 3.63) is 76.6 Å². The van der Waals surface area contributed by atoms with E-state index in [4.69, 9.17) is 4.42 Å². The fourth-order valence-electron chi connectivity index (χ4n) is 2.74. The lowest BCUT2D eigenvalue weighted by Gasteiger charge is -2.18. The number of aromatic nitrogens is 1. The van der Waals surface area contributed by atoms with Crippen LogP contribution in [0.1, 0.15) is 18.7 Å². The number of quaternary nitrogens is 1. The molecule has 3 rings (SSSR count). The number of thiazole rings is 1. The number of benzene rings is 1. The van der Waals surface area contributed by atoms with Gasteiger partial charge in [0.2, 0.25) is 0 Å². The Balaban J connectivity index is 1.71. The molecule has 9 heteroatoms. The molecule has 0 bridgehead atoms. The predicted molar refractivity (Wildman–Crippen MR) is 111 cm³/mol. The SMILES string of the molecule is C=CCN(C(=O)C[NH2+][C@@H](C)c1ccco1)c1nc(-c2ccc([N+](=O)[O-])cc2)cs1. The molecule has 1 amide bonds. The number of carbonyl (C=O) groups excluding carboxylic acids is 1. The van der Waals surface area contributed by atoms with Gasteiger partial charge in [-0.3, -0.25) is 19.8 Å².